The number of rotatable bonds is 6. The van der Waals surface area contributed by atoms with Crippen LogP contribution in [0.25, 0.3) is 11.1 Å². The molecule has 0 bridgehead atoms. The minimum Gasteiger partial charge on any atom is -0.377 e. The van der Waals surface area contributed by atoms with Gasteiger partial charge in [0.05, 0.1) is 37.8 Å². The first-order chi connectivity index (χ1) is 11.0. The molecule has 1 aliphatic rings. The van der Waals surface area contributed by atoms with Gasteiger partial charge in [0.1, 0.15) is 0 Å². The molecule has 2 heterocycles. The summed E-state index contributed by atoms with van der Waals surface area (Å²) in [7, 11) is 0. The van der Waals surface area contributed by atoms with E-state index in [4.69, 9.17) is 9.47 Å². The predicted octanol–water partition coefficient (Wildman–Crippen LogP) is 2.98. The van der Waals surface area contributed by atoms with Crippen LogP contribution in [0.2, 0.25) is 0 Å². The first-order valence-electron chi connectivity index (χ1n) is 8.07. The summed E-state index contributed by atoms with van der Waals surface area (Å²) in [5.74, 6) is 0. The molecule has 1 saturated heterocycles. The van der Waals surface area contributed by atoms with Crippen molar-refractivity contribution < 1.29 is 9.47 Å². The van der Waals surface area contributed by atoms with E-state index in [1.54, 1.807) is 0 Å². The lowest BCUT2D eigenvalue weighted by molar-refractivity contribution is -0.0286. The van der Waals surface area contributed by atoms with E-state index in [2.05, 4.69) is 61.6 Å². The Kier molecular flexibility index (Phi) is 4.80. The molecule has 23 heavy (non-hydrogen) atoms. The molecule has 1 aliphatic heterocycles. The van der Waals surface area contributed by atoms with Gasteiger partial charge in [-0.15, -0.1) is 0 Å². The molecule has 2 aromatic rings. The van der Waals surface area contributed by atoms with Gasteiger partial charge in [-0.1, -0.05) is 24.3 Å². The van der Waals surface area contributed by atoms with Crippen LogP contribution in [0.1, 0.15) is 32.4 Å². The molecule has 1 aromatic carbocycles. The molecular formula is C18H25N3O2. The average molecular weight is 315 g/mol. The van der Waals surface area contributed by atoms with Crippen LogP contribution in [0.5, 0.6) is 0 Å². The monoisotopic (exact) mass is 315 g/mol. The first kappa shape index (κ1) is 16.2. The number of benzene rings is 1. The summed E-state index contributed by atoms with van der Waals surface area (Å²) in [6.07, 6.45) is 4.01. The Labute approximate surface area is 137 Å². The van der Waals surface area contributed by atoms with Crippen molar-refractivity contribution >= 4 is 0 Å². The fourth-order valence-corrected chi connectivity index (χ4v) is 2.34. The maximum Gasteiger partial charge on any atom is 0.0985 e. The molecular weight excluding hydrogens is 290 g/mol. The van der Waals surface area contributed by atoms with Crippen molar-refractivity contribution in [3.63, 3.8) is 0 Å². The third kappa shape index (κ3) is 4.41. The van der Waals surface area contributed by atoms with E-state index in [1.807, 2.05) is 10.9 Å². The van der Waals surface area contributed by atoms with Crippen LogP contribution in [-0.2, 0) is 16.0 Å². The van der Waals surface area contributed by atoms with Gasteiger partial charge in [0.15, 0.2) is 0 Å². The first-order valence-corrected chi connectivity index (χ1v) is 8.07. The molecule has 5 nitrogen and oxygen atoms in total. The van der Waals surface area contributed by atoms with Gasteiger partial charge < -0.3 is 9.47 Å². The normalized spacial score (nSPS) is 15.6. The summed E-state index contributed by atoms with van der Waals surface area (Å²) >= 11 is 0. The molecule has 0 radical (unpaired) electrons. The van der Waals surface area contributed by atoms with Crippen LogP contribution < -0.4 is 5.32 Å². The molecule has 0 atom stereocenters. The second-order valence-electron chi connectivity index (χ2n) is 6.93. The molecule has 0 spiro atoms. The zero-order valence-electron chi connectivity index (χ0n) is 14.1. The maximum atomic E-state index is 5.65. The minimum atomic E-state index is -0.109. The largest absolute Gasteiger partial charge is 0.377 e. The van der Waals surface area contributed by atoms with Crippen LogP contribution in [0, 0.1) is 0 Å². The van der Waals surface area contributed by atoms with Gasteiger partial charge in [0, 0.05) is 18.3 Å². The van der Waals surface area contributed by atoms with E-state index in [-0.39, 0.29) is 5.60 Å². The molecule has 0 unspecified atom stereocenters. The summed E-state index contributed by atoms with van der Waals surface area (Å²) in [6, 6.07) is 8.96. The second-order valence-corrected chi connectivity index (χ2v) is 6.93. The molecule has 1 N–H and O–H groups in total. The number of nitrogens with one attached hydrogen (secondary N) is 1. The maximum absolute atomic E-state index is 5.65. The SMILES string of the molecule is CC(C)(C)OCNCc1ccc(-c2cnn(C3COC3)c2)cc1. The molecule has 0 aliphatic carbocycles. The van der Waals surface area contributed by atoms with E-state index in [9.17, 15) is 0 Å². The lowest BCUT2D eigenvalue weighted by Crippen LogP contribution is -2.30. The Hall–Kier alpha value is -1.69. The molecule has 3 rings (SSSR count). The summed E-state index contributed by atoms with van der Waals surface area (Å²) in [5.41, 5.74) is 3.47. The van der Waals surface area contributed by atoms with Crippen molar-refractivity contribution in [1.82, 2.24) is 15.1 Å². The van der Waals surface area contributed by atoms with Gasteiger partial charge in [-0.05, 0) is 31.9 Å². The fraction of sp³-hybridized carbons (Fsp3) is 0.500. The smallest absolute Gasteiger partial charge is 0.0985 e. The molecule has 1 fully saturated rings. The lowest BCUT2D eigenvalue weighted by atomic mass is 10.1. The minimum absolute atomic E-state index is 0.109. The number of ether oxygens (including phenoxy) is 2. The van der Waals surface area contributed by atoms with Crippen LogP contribution in [-0.4, -0.2) is 35.3 Å². The molecule has 1 aromatic heterocycles. The molecule has 124 valence electrons. The molecule has 0 saturated carbocycles. The average Bonchev–Trinajstić information content (AvgIpc) is 2.91. The highest BCUT2D eigenvalue weighted by atomic mass is 16.5. The standard InChI is InChI=1S/C18H25N3O2/c1-18(2,3)23-13-19-8-14-4-6-15(7-5-14)16-9-20-21(10-16)17-11-22-12-17/h4-7,9-10,17,19H,8,11-13H2,1-3H3. The Morgan fingerprint density at radius 2 is 1.96 bits per heavy atom. The summed E-state index contributed by atoms with van der Waals surface area (Å²) in [5, 5.41) is 7.73. The van der Waals surface area contributed by atoms with E-state index in [0.29, 0.717) is 12.8 Å². The van der Waals surface area contributed by atoms with Gasteiger partial charge in [-0.25, -0.2) is 0 Å². The van der Waals surface area contributed by atoms with Gasteiger partial charge in [-0.2, -0.15) is 5.10 Å². The van der Waals surface area contributed by atoms with Gasteiger partial charge in [0.2, 0.25) is 0 Å². The Morgan fingerprint density at radius 1 is 1.22 bits per heavy atom. The highest BCUT2D eigenvalue weighted by Crippen LogP contribution is 2.23. The van der Waals surface area contributed by atoms with Crippen molar-refractivity contribution in [2.75, 3.05) is 19.9 Å². The van der Waals surface area contributed by atoms with Crippen molar-refractivity contribution in [2.45, 2.75) is 39.0 Å². The van der Waals surface area contributed by atoms with Crippen molar-refractivity contribution in [1.29, 1.82) is 0 Å². The third-order valence-electron chi connectivity index (χ3n) is 3.82. The zero-order chi connectivity index (χ0) is 16.3. The van der Waals surface area contributed by atoms with Crippen LogP contribution >= 0.6 is 0 Å². The Bertz CT molecular complexity index is 624. The van der Waals surface area contributed by atoms with E-state index >= 15 is 0 Å². The van der Waals surface area contributed by atoms with E-state index in [0.717, 1.165) is 25.3 Å². The molecule has 5 heteroatoms. The Morgan fingerprint density at radius 3 is 2.57 bits per heavy atom. The van der Waals surface area contributed by atoms with Gasteiger partial charge in [0.25, 0.3) is 0 Å². The van der Waals surface area contributed by atoms with Crippen molar-refractivity contribution in [3.8, 4) is 11.1 Å². The lowest BCUT2D eigenvalue weighted by Gasteiger charge is -2.25. The van der Waals surface area contributed by atoms with Crippen molar-refractivity contribution in [3.05, 3.63) is 42.2 Å². The highest BCUT2D eigenvalue weighted by molar-refractivity contribution is 5.61. The molecule has 0 amide bonds. The summed E-state index contributed by atoms with van der Waals surface area (Å²) < 4.78 is 12.9. The Balaban J connectivity index is 1.53. The third-order valence-corrected chi connectivity index (χ3v) is 3.82. The number of nitrogens with zero attached hydrogens (tertiary/aromatic N) is 2. The van der Waals surface area contributed by atoms with Crippen LogP contribution in [0.3, 0.4) is 0 Å². The van der Waals surface area contributed by atoms with Crippen molar-refractivity contribution in [2.24, 2.45) is 0 Å². The van der Waals surface area contributed by atoms with Crippen LogP contribution in [0.4, 0.5) is 0 Å². The zero-order valence-corrected chi connectivity index (χ0v) is 14.1. The summed E-state index contributed by atoms with van der Waals surface area (Å²) in [4.78, 5) is 0. The quantitative estimate of drug-likeness (QED) is 0.657. The second kappa shape index (κ2) is 6.83. The van der Waals surface area contributed by atoms with E-state index in [1.165, 1.54) is 11.1 Å². The van der Waals surface area contributed by atoms with E-state index < -0.39 is 0 Å². The number of hydrogen-bond donors (Lipinski definition) is 1. The fourth-order valence-electron chi connectivity index (χ4n) is 2.34. The van der Waals surface area contributed by atoms with Crippen LogP contribution in [0.15, 0.2) is 36.7 Å². The van der Waals surface area contributed by atoms with Gasteiger partial charge in [-0.3, -0.25) is 10.00 Å². The number of hydrogen-bond acceptors (Lipinski definition) is 4. The summed E-state index contributed by atoms with van der Waals surface area (Å²) in [6.45, 7) is 9.05. The number of aromatic nitrogens is 2. The predicted molar refractivity (Wildman–Crippen MR) is 90.1 cm³/mol. The highest BCUT2D eigenvalue weighted by Gasteiger charge is 2.21. The van der Waals surface area contributed by atoms with Gasteiger partial charge >= 0.3 is 0 Å². The topological polar surface area (TPSA) is 48.3 Å².